The lowest BCUT2D eigenvalue weighted by Gasteiger charge is -2.16. The highest BCUT2D eigenvalue weighted by Gasteiger charge is 2.31. The molecule has 0 bridgehead atoms. The summed E-state index contributed by atoms with van der Waals surface area (Å²) in [5.41, 5.74) is 8.78. The number of carbonyl (C=O) groups excluding carboxylic acids is 4. The Hall–Kier alpha value is -6.76. The number of carbonyl (C=O) groups is 4. The van der Waals surface area contributed by atoms with Gasteiger partial charge in [0.15, 0.2) is 11.6 Å². The van der Waals surface area contributed by atoms with Crippen molar-refractivity contribution >= 4 is 57.5 Å². The molecule has 356 valence electrons. The Bertz CT molecular complexity index is 2780. The largest absolute Gasteiger partial charge is 0.466 e. The van der Waals surface area contributed by atoms with E-state index in [1.54, 1.807) is 50.3 Å². The first kappa shape index (κ1) is 52.2. The molecule has 0 spiro atoms. The molecule has 2 aliphatic rings. The van der Waals surface area contributed by atoms with Crippen molar-refractivity contribution < 1.29 is 47.6 Å². The van der Waals surface area contributed by atoms with Crippen LogP contribution in [-0.2, 0) is 28.7 Å². The molecule has 6 aromatic rings. The third-order valence-corrected chi connectivity index (χ3v) is 11.3. The summed E-state index contributed by atoms with van der Waals surface area (Å²) in [7, 11) is 0. The average Bonchev–Trinajstić information content (AvgIpc) is 4.23. The Balaban J connectivity index is 0.000000247. The molecular weight excluding hydrogens is 867 g/mol. The summed E-state index contributed by atoms with van der Waals surface area (Å²) in [4.78, 5) is 57.4. The monoisotopic (exact) mass is 926 g/mol. The lowest BCUT2D eigenvalue weighted by Crippen LogP contribution is -2.20. The number of pyridine rings is 2. The van der Waals surface area contributed by atoms with Gasteiger partial charge in [0.25, 0.3) is 0 Å². The minimum atomic E-state index is -1.00. The standard InChI is InChI=1S/C27H28FNO4.C27H24FNO4.2CH4/c2*1-2-33-25(32)16-21(31)15-20(30)13-14-23-26(17-9-11-19(28)12-10-17)22-5-3-4-6-24(22)29-27(23)18-7-8-18;;/h3-6,9-14,18,20-21,30-31H,2,7-8,15-16H2,1H3;3-6,9-14,18H,2,7-8,15-16H2,1H3;2*1H4/b2*14-13+;;/t20-,21-;;;/m1.../s1. The third kappa shape index (κ3) is 13.7. The first-order valence-corrected chi connectivity index (χ1v) is 22.4. The van der Waals surface area contributed by atoms with E-state index in [4.69, 9.17) is 19.4 Å². The molecule has 2 aliphatic carbocycles. The van der Waals surface area contributed by atoms with E-state index >= 15 is 0 Å². The zero-order valence-electron chi connectivity index (χ0n) is 36.9. The maximum Gasteiger partial charge on any atom is 0.313 e. The molecule has 12 heteroatoms. The van der Waals surface area contributed by atoms with Crippen LogP contribution in [0, 0.1) is 11.6 Å². The van der Waals surface area contributed by atoms with Crippen molar-refractivity contribution in [1.82, 2.24) is 9.97 Å². The van der Waals surface area contributed by atoms with Gasteiger partial charge in [-0.15, -0.1) is 0 Å². The number of allylic oxidation sites excluding steroid dienone is 1. The number of rotatable bonds is 18. The third-order valence-electron chi connectivity index (χ3n) is 11.3. The molecule has 0 saturated heterocycles. The number of aromatic nitrogens is 2. The average molecular weight is 927 g/mol. The number of aliphatic hydroxyl groups is 2. The summed E-state index contributed by atoms with van der Waals surface area (Å²) in [5, 5.41) is 22.5. The zero-order valence-corrected chi connectivity index (χ0v) is 36.9. The quantitative estimate of drug-likeness (QED) is 0.0484. The van der Waals surface area contributed by atoms with Gasteiger partial charge in [-0.1, -0.05) is 87.7 Å². The number of halogens is 2. The van der Waals surface area contributed by atoms with Gasteiger partial charge in [0.2, 0.25) is 0 Å². The van der Waals surface area contributed by atoms with Gasteiger partial charge < -0.3 is 19.7 Å². The fraction of sp³-hybridized carbons (Fsp3) is 0.321. The molecule has 2 heterocycles. The lowest BCUT2D eigenvalue weighted by atomic mass is 9.92. The molecule has 2 N–H and O–H groups in total. The molecule has 2 aromatic heterocycles. The molecule has 0 aliphatic heterocycles. The number of fused-ring (bicyclic) bond motifs is 2. The first-order chi connectivity index (χ1) is 31.9. The van der Waals surface area contributed by atoms with Crippen LogP contribution in [0.1, 0.15) is 114 Å². The number of Topliss-reactive ketones (excluding diaryl/α,β-unsaturated/α-hetero) is 1. The summed E-state index contributed by atoms with van der Waals surface area (Å²) in [5.74, 6) is -1.99. The SMILES string of the molecule is C.C.CCOC(=O)CC(=O)CC(=O)/C=C/c1c(C2CC2)nc2ccccc2c1-c1ccc(F)cc1.CCOC(=O)C[C@H](O)C[C@H](O)/C=C/c1c(C2CC2)nc2ccccc2c1-c1ccc(F)cc1. The molecule has 4 aromatic carbocycles. The minimum Gasteiger partial charge on any atom is -0.466 e. The van der Waals surface area contributed by atoms with Crippen LogP contribution in [0.3, 0.4) is 0 Å². The maximum absolute atomic E-state index is 13.6. The van der Waals surface area contributed by atoms with Crippen molar-refractivity contribution in [3.8, 4) is 22.3 Å². The normalized spacial score (nSPS) is 14.1. The summed E-state index contributed by atoms with van der Waals surface area (Å²) >= 11 is 0. The molecule has 8 rings (SSSR count). The molecule has 2 fully saturated rings. The molecule has 2 atom stereocenters. The molecule has 68 heavy (non-hydrogen) atoms. The first-order valence-electron chi connectivity index (χ1n) is 22.4. The number of esters is 2. The van der Waals surface area contributed by atoms with Gasteiger partial charge in [0.1, 0.15) is 18.1 Å². The number of benzene rings is 4. The van der Waals surface area contributed by atoms with Crippen LogP contribution >= 0.6 is 0 Å². The number of hydrogen-bond acceptors (Lipinski definition) is 10. The van der Waals surface area contributed by atoms with E-state index in [9.17, 15) is 38.2 Å². The van der Waals surface area contributed by atoms with Crippen LogP contribution in [0.2, 0.25) is 0 Å². The van der Waals surface area contributed by atoms with E-state index in [0.29, 0.717) is 11.8 Å². The van der Waals surface area contributed by atoms with Crippen LogP contribution in [0.5, 0.6) is 0 Å². The van der Waals surface area contributed by atoms with Crippen LogP contribution < -0.4 is 0 Å². The van der Waals surface area contributed by atoms with Crippen molar-refractivity contribution in [2.24, 2.45) is 0 Å². The zero-order chi connectivity index (χ0) is 46.7. The van der Waals surface area contributed by atoms with Crippen LogP contribution in [0.25, 0.3) is 56.2 Å². The molecule has 0 radical (unpaired) electrons. The van der Waals surface area contributed by atoms with Crippen molar-refractivity contribution in [3.63, 3.8) is 0 Å². The van der Waals surface area contributed by atoms with E-state index in [2.05, 4.69) is 0 Å². The van der Waals surface area contributed by atoms with E-state index in [0.717, 1.165) is 92.3 Å². The number of aliphatic hydroxyl groups excluding tert-OH is 2. The Labute approximate surface area is 396 Å². The van der Waals surface area contributed by atoms with Crippen LogP contribution in [-0.4, -0.2) is 69.1 Å². The van der Waals surface area contributed by atoms with Crippen molar-refractivity contribution in [3.05, 3.63) is 143 Å². The maximum atomic E-state index is 13.6. The Kier molecular flexibility index (Phi) is 18.7. The fourth-order valence-corrected chi connectivity index (χ4v) is 7.95. The second-order valence-electron chi connectivity index (χ2n) is 16.5. The second kappa shape index (κ2) is 24.3. The Morgan fingerprint density at radius 1 is 0.647 bits per heavy atom. The topological polar surface area (TPSA) is 153 Å². The van der Waals surface area contributed by atoms with Crippen molar-refractivity contribution in [2.45, 2.75) is 104 Å². The highest BCUT2D eigenvalue weighted by Crippen LogP contribution is 2.47. The van der Waals surface area contributed by atoms with E-state index < -0.39 is 42.1 Å². The smallest absolute Gasteiger partial charge is 0.313 e. The predicted molar refractivity (Wildman–Crippen MR) is 264 cm³/mol. The number of para-hydroxylation sites is 2. The highest BCUT2D eigenvalue weighted by atomic mass is 19.1. The van der Waals surface area contributed by atoms with E-state index in [1.165, 1.54) is 30.3 Å². The number of nitrogens with zero attached hydrogens (tertiary/aromatic N) is 2. The van der Waals surface area contributed by atoms with Crippen LogP contribution in [0.4, 0.5) is 8.78 Å². The van der Waals surface area contributed by atoms with Crippen LogP contribution in [0.15, 0.2) is 109 Å². The molecule has 10 nitrogen and oxygen atoms in total. The number of hydrogen-bond donors (Lipinski definition) is 2. The summed E-state index contributed by atoms with van der Waals surface area (Å²) in [6.07, 6.45) is 7.78. The molecule has 0 unspecified atom stereocenters. The van der Waals surface area contributed by atoms with Crippen molar-refractivity contribution in [1.29, 1.82) is 0 Å². The van der Waals surface area contributed by atoms with Crippen molar-refractivity contribution in [2.75, 3.05) is 13.2 Å². The van der Waals surface area contributed by atoms with Gasteiger partial charge in [-0.3, -0.25) is 29.1 Å². The molecular formula is C56H60F2N2O8. The summed E-state index contributed by atoms with van der Waals surface area (Å²) < 4.78 is 36.9. The Morgan fingerprint density at radius 2 is 1.10 bits per heavy atom. The van der Waals surface area contributed by atoms with Gasteiger partial charge in [-0.2, -0.15) is 0 Å². The Morgan fingerprint density at radius 3 is 1.57 bits per heavy atom. The molecule has 0 amide bonds. The number of ketones is 2. The van der Waals surface area contributed by atoms with Gasteiger partial charge in [0, 0.05) is 51.3 Å². The number of ether oxygens (including phenoxy) is 2. The van der Waals surface area contributed by atoms with E-state index in [-0.39, 0.29) is 59.0 Å². The van der Waals surface area contributed by atoms with E-state index in [1.807, 2.05) is 54.6 Å². The highest BCUT2D eigenvalue weighted by molar-refractivity contribution is 6.11. The van der Waals surface area contributed by atoms with Gasteiger partial charge in [-0.25, -0.2) is 8.78 Å². The van der Waals surface area contributed by atoms with Gasteiger partial charge >= 0.3 is 11.9 Å². The predicted octanol–water partition coefficient (Wildman–Crippen LogP) is 11.7. The fourth-order valence-electron chi connectivity index (χ4n) is 7.95. The van der Waals surface area contributed by atoms with Gasteiger partial charge in [-0.05, 0) is 99.2 Å². The lowest BCUT2D eigenvalue weighted by molar-refractivity contribution is -0.147. The second-order valence-corrected chi connectivity index (χ2v) is 16.5. The summed E-state index contributed by atoms with van der Waals surface area (Å²) in [6.45, 7) is 3.80. The van der Waals surface area contributed by atoms with Gasteiger partial charge in [0.05, 0.1) is 60.7 Å². The molecule has 2 saturated carbocycles. The minimum absolute atomic E-state index is 0. The summed E-state index contributed by atoms with van der Waals surface area (Å²) in [6, 6.07) is 28.3.